The van der Waals surface area contributed by atoms with E-state index in [-0.39, 0.29) is 6.17 Å². The van der Waals surface area contributed by atoms with Gasteiger partial charge in [0.2, 0.25) is 0 Å². The number of nitrogens with zero attached hydrogens (tertiary/aromatic N) is 2. The zero-order valence-electron chi connectivity index (χ0n) is 17.0. The summed E-state index contributed by atoms with van der Waals surface area (Å²) in [5, 5.41) is 11.9. The second-order valence-corrected chi connectivity index (χ2v) is 8.87. The quantitative estimate of drug-likeness (QED) is 0.413. The van der Waals surface area contributed by atoms with E-state index in [1.165, 1.54) is 4.70 Å². The third kappa shape index (κ3) is 4.75. The molecule has 2 aromatic carbocycles. The van der Waals surface area contributed by atoms with Crippen molar-refractivity contribution in [1.82, 2.24) is 15.6 Å². The number of nitrogens with one attached hydrogen (secondary N) is 3. The zero-order valence-corrected chi connectivity index (χ0v) is 18.6. The molecule has 0 radical (unpaired) electrons. The Morgan fingerprint density at radius 1 is 1.20 bits per heavy atom. The van der Waals surface area contributed by atoms with E-state index in [1.54, 1.807) is 11.3 Å². The molecule has 2 heterocycles. The highest BCUT2D eigenvalue weighted by Crippen LogP contribution is 2.26. The summed E-state index contributed by atoms with van der Waals surface area (Å²) in [5.41, 5.74) is 11.2. The Morgan fingerprint density at radius 2 is 2.07 bits per heavy atom. The third-order valence-corrected chi connectivity index (χ3v) is 6.30. The summed E-state index contributed by atoms with van der Waals surface area (Å²) in [6, 6.07) is 12.2. The van der Waals surface area contributed by atoms with Crippen molar-refractivity contribution < 1.29 is 0 Å². The predicted molar refractivity (Wildman–Crippen MR) is 128 cm³/mol. The summed E-state index contributed by atoms with van der Waals surface area (Å²) in [5.74, 6) is 0.399. The summed E-state index contributed by atoms with van der Waals surface area (Å²) < 4.78 is 1.21. The van der Waals surface area contributed by atoms with Crippen LogP contribution >= 0.6 is 22.9 Å². The number of guanidine groups is 1. The fourth-order valence-corrected chi connectivity index (χ4v) is 4.48. The number of nitrogens with two attached hydrogens (primary N) is 1. The van der Waals surface area contributed by atoms with Crippen molar-refractivity contribution in [3.8, 4) is 0 Å². The van der Waals surface area contributed by atoms with Gasteiger partial charge in [-0.2, -0.15) is 0 Å². The van der Waals surface area contributed by atoms with Crippen molar-refractivity contribution >= 4 is 50.5 Å². The highest BCUT2D eigenvalue weighted by Gasteiger charge is 2.16. The Morgan fingerprint density at radius 3 is 2.93 bits per heavy atom. The maximum atomic E-state index is 6.27. The minimum atomic E-state index is -0.170. The standard InChI is InChI=1S/C22H25ClN6S/c1-13-16(5-3-6-17(13)23)19-12-21(29-22(24)28-19)26-10-4-9-25-15-7-8-18-20(11-15)30-14(2)27-18/h3,5-8,11-12,21,25-26H,4,9-10H2,1-2H3,(H3,24,28,29). The van der Waals surface area contributed by atoms with Gasteiger partial charge in [0.25, 0.3) is 0 Å². The molecule has 1 unspecified atom stereocenters. The molecule has 5 N–H and O–H groups in total. The summed E-state index contributed by atoms with van der Waals surface area (Å²) >= 11 is 7.98. The number of fused-ring (bicyclic) bond motifs is 1. The second-order valence-electron chi connectivity index (χ2n) is 7.23. The zero-order chi connectivity index (χ0) is 21.1. The second kappa shape index (κ2) is 9.04. The van der Waals surface area contributed by atoms with E-state index in [0.717, 1.165) is 57.6 Å². The number of aromatic nitrogens is 1. The van der Waals surface area contributed by atoms with Gasteiger partial charge in [0.1, 0.15) is 6.17 Å². The first kappa shape index (κ1) is 20.7. The minimum Gasteiger partial charge on any atom is -0.385 e. The van der Waals surface area contributed by atoms with E-state index in [4.69, 9.17) is 17.3 Å². The van der Waals surface area contributed by atoms with Crippen LogP contribution in [0.15, 0.2) is 47.5 Å². The molecule has 0 bridgehead atoms. The average Bonchev–Trinajstić information content (AvgIpc) is 3.08. The van der Waals surface area contributed by atoms with E-state index in [9.17, 15) is 0 Å². The van der Waals surface area contributed by atoms with Crippen LogP contribution in [0.5, 0.6) is 0 Å². The number of halogens is 1. The summed E-state index contributed by atoms with van der Waals surface area (Å²) in [6.45, 7) is 5.72. The number of hydrogen-bond acceptors (Lipinski definition) is 7. The van der Waals surface area contributed by atoms with Crippen LogP contribution in [0.25, 0.3) is 15.9 Å². The maximum Gasteiger partial charge on any atom is 0.195 e. The SMILES string of the molecule is Cc1nc2ccc(NCCCNC3C=C(c4cccc(Cl)c4C)NC(N)=N3)cc2s1. The van der Waals surface area contributed by atoms with Gasteiger partial charge in [-0.05, 0) is 62.7 Å². The molecule has 1 aliphatic rings. The molecule has 156 valence electrons. The van der Waals surface area contributed by atoms with E-state index in [2.05, 4.69) is 44.1 Å². The number of benzene rings is 2. The van der Waals surface area contributed by atoms with Crippen molar-refractivity contribution in [3.05, 3.63) is 63.6 Å². The first-order chi connectivity index (χ1) is 14.5. The fraction of sp³-hybridized carbons (Fsp3) is 0.273. The van der Waals surface area contributed by atoms with E-state index >= 15 is 0 Å². The van der Waals surface area contributed by atoms with E-state index in [1.807, 2.05) is 38.1 Å². The molecule has 8 heteroatoms. The number of thiazole rings is 1. The molecule has 4 rings (SSSR count). The van der Waals surface area contributed by atoms with Gasteiger partial charge in [0, 0.05) is 28.5 Å². The number of aryl methyl sites for hydroxylation is 1. The van der Waals surface area contributed by atoms with Crippen LogP contribution in [0.3, 0.4) is 0 Å². The number of hydrogen-bond donors (Lipinski definition) is 4. The summed E-state index contributed by atoms with van der Waals surface area (Å²) in [7, 11) is 0. The number of aliphatic imine (C=N–C) groups is 1. The van der Waals surface area contributed by atoms with Crippen LogP contribution in [-0.4, -0.2) is 30.2 Å². The summed E-state index contributed by atoms with van der Waals surface area (Å²) in [6.07, 6.45) is 2.83. The lowest BCUT2D eigenvalue weighted by atomic mass is 10.0. The van der Waals surface area contributed by atoms with Crippen LogP contribution in [-0.2, 0) is 0 Å². The number of rotatable bonds is 7. The van der Waals surface area contributed by atoms with Crippen molar-refractivity contribution in [2.24, 2.45) is 10.7 Å². The Labute approximate surface area is 185 Å². The predicted octanol–water partition coefficient (Wildman–Crippen LogP) is 4.24. The van der Waals surface area contributed by atoms with Crippen molar-refractivity contribution in [2.75, 3.05) is 18.4 Å². The van der Waals surface area contributed by atoms with Crippen molar-refractivity contribution in [3.63, 3.8) is 0 Å². The molecule has 0 aliphatic carbocycles. The van der Waals surface area contributed by atoms with Gasteiger partial charge in [0.05, 0.1) is 15.2 Å². The first-order valence-electron chi connectivity index (χ1n) is 9.91. The molecule has 1 aromatic heterocycles. The largest absolute Gasteiger partial charge is 0.385 e. The Kier molecular flexibility index (Phi) is 6.22. The first-order valence-corrected chi connectivity index (χ1v) is 11.1. The van der Waals surface area contributed by atoms with Gasteiger partial charge >= 0.3 is 0 Å². The molecule has 0 fully saturated rings. The highest BCUT2D eigenvalue weighted by molar-refractivity contribution is 7.18. The molecule has 0 spiro atoms. The summed E-state index contributed by atoms with van der Waals surface area (Å²) in [4.78, 5) is 8.94. The smallest absolute Gasteiger partial charge is 0.195 e. The molecule has 3 aromatic rings. The third-order valence-electron chi connectivity index (χ3n) is 4.95. The van der Waals surface area contributed by atoms with Crippen LogP contribution in [0, 0.1) is 13.8 Å². The van der Waals surface area contributed by atoms with Gasteiger partial charge < -0.3 is 16.4 Å². The molecule has 0 saturated carbocycles. The molecule has 1 aliphatic heterocycles. The topological polar surface area (TPSA) is 87.4 Å². The lowest BCUT2D eigenvalue weighted by molar-refractivity contribution is 0.594. The molecule has 6 nitrogen and oxygen atoms in total. The fourth-order valence-electron chi connectivity index (χ4n) is 3.44. The highest BCUT2D eigenvalue weighted by atomic mass is 35.5. The van der Waals surface area contributed by atoms with Crippen molar-refractivity contribution in [1.29, 1.82) is 0 Å². The molecular weight excluding hydrogens is 416 g/mol. The molecule has 30 heavy (non-hydrogen) atoms. The normalized spacial score (nSPS) is 16.2. The van der Waals surface area contributed by atoms with Gasteiger partial charge in [-0.25, -0.2) is 9.98 Å². The van der Waals surface area contributed by atoms with E-state index < -0.39 is 0 Å². The lowest BCUT2D eigenvalue weighted by Gasteiger charge is -2.22. The Balaban J connectivity index is 1.30. The molecule has 1 atom stereocenters. The molecule has 0 amide bonds. The Bertz CT molecular complexity index is 1120. The van der Waals surface area contributed by atoms with Crippen molar-refractivity contribution in [2.45, 2.75) is 26.4 Å². The van der Waals surface area contributed by atoms with Gasteiger partial charge in [0.15, 0.2) is 5.96 Å². The van der Waals surface area contributed by atoms with Crippen LogP contribution < -0.4 is 21.7 Å². The lowest BCUT2D eigenvalue weighted by Crippen LogP contribution is -2.40. The van der Waals surface area contributed by atoms with Gasteiger partial charge in [-0.1, -0.05) is 23.7 Å². The van der Waals surface area contributed by atoms with Crippen LogP contribution in [0.4, 0.5) is 5.69 Å². The van der Waals surface area contributed by atoms with E-state index in [0.29, 0.717) is 5.96 Å². The molecule has 0 saturated heterocycles. The minimum absolute atomic E-state index is 0.170. The van der Waals surface area contributed by atoms with Crippen LogP contribution in [0.1, 0.15) is 22.6 Å². The number of anilines is 1. The van der Waals surface area contributed by atoms with Gasteiger partial charge in [-0.15, -0.1) is 11.3 Å². The average molecular weight is 441 g/mol. The maximum absolute atomic E-state index is 6.27. The van der Waals surface area contributed by atoms with Crippen LogP contribution in [0.2, 0.25) is 5.02 Å². The Hall–Kier alpha value is -2.61. The van der Waals surface area contributed by atoms with Gasteiger partial charge in [-0.3, -0.25) is 5.32 Å². The molecular formula is C22H25ClN6S. The monoisotopic (exact) mass is 440 g/mol.